The Morgan fingerprint density at radius 2 is 1.81 bits per heavy atom. The highest BCUT2D eigenvalue weighted by Gasteiger charge is 2.67. The molecule has 1 aromatic carbocycles. The van der Waals surface area contributed by atoms with Crippen LogP contribution in [0.4, 0.5) is 5.69 Å². The van der Waals surface area contributed by atoms with Crippen molar-refractivity contribution in [1.82, 2.24) is 4.90 Å². The van der Waals surface area contributed by atoms with Gasteiger partial charge in [0.1, 0.15) is 22.8 Å². The van der Waals surface area contributed by atoms with E-state index in [1.54, 1.807) is 12.1 Å². The van der Waals surface area contributed by atoms with E-state index in [0.29, 0.717) is 37.6 Å². The number of nitrogens with zero attached hydrogens (tertiary/aromatic N) is 2. The lowest BCUT2D eigenvalue weighted by Crippen LogP contribution is -2.70. The fourth-order valence-electron chi connectivity index (χ4n) is 6.06. The zero-order valence-corrected chi connectivity index (χ0v) is 20.2. The molecule has 0 unspecified atom stereocenters. The number of carbonyl (C=O) groups is 3. The summed E-state index contributed by atoms with van der Waals surface area (Å²) < 4.78 is 5.34. The van der Waals surface area contributed by atoms with E-state index >= 15 is 0 Å². The van der Waals surface area contributed by atoms with Crippen molar-refractivity contribution < 1.29 is 44.7 Å². The van der Waals surface area contributed by atoms with Gasteiger partial charge in [0.25, 0.3) is 5.91 Å². The molecule has 0 spiro atoms. The molecule has 3 aliphatic carbocycles. The SMILES string of the molecule is CN(C)[C@@H]1C(=O)C(C(N)=O)=C(O)[C@@]2(O)C(=O)C3=C(O)c4c(ccc(N5CCOCC5)c4O)[CH][C@H]3[C@H](O)[C@@H]12. The first-order valence-corrected chi connectivity index (χ1v) is 11.8. The van der Waals surface area contributed by atoms with Crippen LogP contribution in [0.3, 0.4) is 0 Å². The first kappa shape index (κ1) is 25.2. The molecule has 12 heteroatoms. The molecule has 197 valence electrons. The van der Waals surface area contributed by atoms with E-state index in [-0.39, 0.29) is 11.3 Å². The number of hydrogen-bond donors (Lipinski definition) is 6. The lowest BCUT2D eigenvalue weighted by Gasteiger charge is -2.52. The number of hydrogen-bond acceptors (Lipinski definition) is 11. The summed E-state index contributed by atoms with van der Waals surface area (Å²) in [5.74, 6) is -8.54. The monoisotopic (exact) mass is 514 g/mol. The van der Waals surface area contributed by atoms with E-state index in [9.17, 15) is 39.9 Å². The highest BCUT2D eigenvalue weighted by molar-refractivity contribution is 6.24. The number of aliphatic hydroxyl groups is 4. The number of ether oxygens (including phenoxy) is 1. The Hall–Kier alpha value is -3.45. The van der Waals surface area contributed by atoms with Crippen LogP contribution in [0.15, 0.2) is 29.0 Å². The van der Waals surface area contributed by atoms with Crippen molar-refractivity contribution in [3.63, 3.8) is 0 Å². The first-order valence-electron chi connectivity index (χ1n) is 11.8. The number of phenolic OH excluding ortho intramolecular Hbond substituents is 1. The molecule has 12 nitrogen and oxygen atoms in total. The van der Waals surface area contributed by atoms with Crippen molar-refractivity contribution in [3.05, 3.63) is 46.6 Å². The zero-order chi connectivity index (χ0) is 27.0. The fourth-order valence-corrected chi connectivity index (χ4v) is 6.06. The summed E-state index contributed by atoms with van der Waals surface area (Å²) in [5.41, 5.74) is 1.61. The molecule has 1 radical (unpaired) electrons. The molecule has 1 amide bonds. The number of primary amides is 1. The number of aromatic hydroxyl groups is 1. The molecule has 5 rings (SSSR count). The molecule has 4 aliphatic rings. The number of likely N-dealkylation sites (N-methyl/N-ethyl adjacent to an activating group) is 1. The minimum atomic E-state index is -2.94. The van der Waals surface area contributed by atoms with Crippen molar-refractivity contribution >= 4 is 28.9 Å². The van der Waals surface area contributed by atoms with Gasteiger partial charge in [-0.05, 0) is 25.7 Å². The van der Waals surface area contributed by atoms with Crippen LogP contribution >= 0.6 is 0 Å². The number of benzene rings is 1. The van der Waals surface area contributed by atoms with Gasteiger partial charge < -0.3 is 40.9 Å². The molecule has 1 aliphatic heterocycles. The van der Waals surface area contributed by atoms with E-state index in [1.807, 2.05) is 4.90 Å². The van der Waals surface area contributed by atoms with Crippen molar-refractivity contribution in [2.75, 3.05) is 45.3 Å². The van der Waals surface area contributed by atoms with E-state index in [4.69, 9.17) is 10.5 Å². The summed E-state index contributed by atoms with van der Waals surface area (Å²) >= 11 is 0. The van der Waals surface area contributed by atoms with Crippen LogP contribution < -0.4 is 10.6 Å². The quantitative estimate of drug-likeness (QED) is 0.265. The van der Waals surface area contributed by atoms with Gasteiger partial charge in [0, 0.05) is 31.0 Å². The normalized spacial score (nSPS) is 31.9. The summed E-state index contributed by atoms with van der Waals surface area (Å²) in [5, 5.41) is 56.3. The topological polar surface area (TPSA) is 194 Å². The summed E-state index contributed by atoms with van der Waals surface area (Å²) in [6.07, 6.45) is -0.182. The number of phenols is 1. The first-order chi connectivity index (χ1) is 17.4. The standard InChI is InChI=1S/C25H28N3O9/c1-27(2)17-16-18(29)11-9-10-3-4-12(28-5-7-37-8-6-28)19(30)13(10)20(31)14(11)22(33)25(16,36)23(34)15(21(17)32)24(26)35/h3-4,9,11,16-18,29-31,34,36H,5-8H2,1-2H3,(H2,26,35)/t11-,16-,17+,18+,25+/m1/s1. The van der Waals surface area contributed by atoms with Crippen LogP contribution in [0.25, 0.3) is 5.76 Å². The summed E-state index contributed by atoms with van der Waals surface area (Å²) in [6, 6.07) is 1.89. The van der Waals surface area contributed by atoms with Gasteiger partial charge in [0.2, 0.25) is 5.78 Å². The number of amides is 1. The Bertz CT molecular complexity index is 1280. The van der Waals surface area contributed by atoms with Gasteiger partial charge in [-0.2, -0.15) is 0 Å². The minimum absolute atomic E-state index is 0.0764. The highest BCUT2D eigenvalue weighted by atomic mass is 16.5. The van der Waals surface area contributed by atoms with Crippen molar-refractivity contribution in [2.24, 2.45) is 17.6 Å². The van der Waals surface area contributed by atoms with E-state index in [1.165, 1.54) is 25.4 Å². The smallest absolute Gasteiger partial charge is 0.255 e. The maximum Gasteiger partial charge on any atom is 0.255 e. The molecule has 7 N–H and O–H groups in total. The average Bonchev–Trinajstić information content (AvgIpc) is 2.84. The van der Waals surface area contributed by atoms with Crippen LogP contribution in [0.1, 0.15) is 11.1 Å². The summed E-state index contributed by atoms with van der Waals surface area (Å²) in [6.45, 7) is 1.86. The Morgan fingerprint density at radius 3 is 2.41 bits per heavy atom. The largest absolute Gasteiger partial charge is 0.508 e. The van der Waals surface area contributed by atoms with Gasteiger partial charge in [-0.25, -0.2) is 0 Å². The highest BCUT2D eigenvalue weighted by Crippen LogP contribution is 2.54. The number of anilines is 1. The van der Waals surface area contributed by atoms with Crippen LogP contribution in [0.5, 0.6) is 5.75 Å². The number of carbonyl (C=O) groups excluding carboxylic acids is 3. The van der Waals surface area contributed by atoms with Gasteiger partial charge in [-0.1, -0.05) is 6.07 Å². The van der Waals surface area contributed by atoms with Gasteiger partial charge in [0.05, 0.1) is 42.5 Å². The average molecular weight is 515 g/mol. The zero-order valence-electron chi connectivity index (χ0n) is 20.2. The molecular formula is C25H28N3O9. The predicted octanol–water partition coefficient (Wildman–Crippen LogP) is -1.22. The predicted molar refractivity (Wildman–Crippen MR) is 128 cm³/mol. The van der Waals surface area contributed by atoms with Crippen LogP contribution in [-0.2, 0) is 19.1 Å². The number of fused-ring (bicyclic) bond motifs is 3. The minimum Gasteiger partial charge on any atom is -0.508 e. The molecule has 2 fully saturated rings. The molecular weight excluding hydrogens is 486 g/mol. The van der Waals surface area contributed by atoms with Gasteiger partial charge in [-0.3, -0.25) is 19.3 Å². The summed E-state index contributed by atoms with van der Waals surface area (Å²) in [4.78, 5) is 42.2. The van der Waals surface area contributed by atoms with Gasteiger partial charge in [0.15, 0.2) is 11.4 Å². The Labute approximate surface area is 211 Å². The van der Waals surface area contributed by atoms with E-state index < -0.39 is 69.7 Å². The second kappa shape index (κ2) is 8.55. The molecule has 1 saturated heterocycles. The number of aliphatic hydroxyl groups excluding tert-OH is 3. The molecule has 5 atom stereocenters. The number of morpholine rings is 1. The molecule has 37 heavy (non-hydrogen) atoms. The van der Waals surface area contributed by atoms with Crippen LogP contribution in [-0.4, -0.2) is 106 Å². The lowest BCUT2D eigenvalue weighted by molar-refractivity contribution is -0.167. The number of ketones is 2. The van der Waals surface area contributed by atoms with Crippen molar-refractivity contribution in [2.45, 2.75) is 17.7 Å². The Kier molecular flexibility index (Phi) is 5.83. The lowest BCUT2D eigenvalue weighted by atomic mass is 9.56. The van der Waals surface area contributed by atoms with Crippen molar-refractivity contribution in [1.29, 1.82) is 0 Å². The van der Waals surface area contributed by atoms with Crippen LogP contribution in [0.2, 0.25) is 0 Å². The molecule has 1 heterocycles. The number of Topliss-reactive ketones (excluding diaryl/α,β-unsaturated/α-hetero) is 2. The second-order valence-electron chi connectivity index (χ2n) is 9.92. The maximum absolute atomic E-state index is 13.8. The number of nitrogens with two attached hydrogens (primary N) is 1. The number of rotatable bonds is 3. The van der Waals surface area contributed by atoms with Gasteiger partial charge >= 0.3 is 0 Å². The molecule has 1 saturated carbocycles. The Balaban J connectivity index is 1.71. The third-order valence-corrected chi connectivity index (χ3v) is 7.79. The third-order valence-electron chi connectivity index (χ3n) is 7.79. The van der Waals surface area contributed by atoms with Crippen molar-refractivity contribution in [3.8, 4) is 5.75 Å². The maximum atomic E-state index is 13.8. The van der Waals surface area contributed by atoms with Gasteiger partial charge in [-0.15, -0.1) is 0 Å². The third kappa shape index (κ3) is 3.33. The fraction of sp³-hybridized carbons (Fsp3) is 0.440. The molecule has 0 aromatic heterocycles. The molecule has 1 aromatic rings. The second-order valence-corrected chi connectivity index (χ2v) is 9.92. The van der Waals surface area contributed by atoms with E-state index in [0.717, 1.165) is 0 Å². The summed E-state index contributed by atoms with van der Waals surface area (Å²) in [7, 11) is 2.91. The van der Waals surface area contributed by atoms with Crippen LogP contribution in [0, 0.1) is 18.3 Å². The van der Waals surface area contributed by atoms with E-state index in [2.05, 4.69) is 0 Å². The molecule has 0 bridgehead atoms. The Morgan fingerprint density at radius 1 is 1.16 bits per heavy atom.